The normalized spacial score (nSPS) is 21.7. The molecular weight excluding hydrogens is 332 g/mol. The summed E-state index contributed by atoms with van der Waals surface area (Å²) < 4.78 is 0. The van der Waals surface area contributed by atoms with Crippen molar-refractivity contribution in [3.8, 4) is 0 Å². The molecule has 26 heavy (non-hydrogen) atoms. The number of carboxylic acids is 1. The minimum absolute atomic E-state index is 0.153. The van der Waals surface area contributed by atoms with Crippen LogP contribution in [0.5, 0.6) is 0 Å². The number of aliphatic carboxylic acids is 1. The topological polar surface area (TPSA) is 98.7 Å². The summed E-state index contributed by atoms with van der Waals surface area (Å²) in [5.41, 5.74) is 1.32. The highest BCUT2D eigenvalue weighted by Crippen LogP contribution is 2.28. The van der Waals surface area contributed by atoms with Crippen LogP contribution in [0.3, 0.4) is 0 Å². The third kappa shape index (κ3) is 9.42. The Morgan fingerprint density at radius 1 is 1.08 bits per heavy atom. The van der Waals surface area contributed by atoms with E-state index in [0.29, 0.717) is 18.0 Å². The van der Waals surface area contributed by atoms with E-state index in [1.54, 1.807) is 0 Å². The van der Waals surface area contributed by atoms with Crippen LogP contribution < -0.4 is 10.6 Å². The Kier molecular flexibility index (Phi) is 9.73. The van der Waals surface area contributed by atoms with Crippen molar-refractivity contribution in [1.82, 2.24) is 10.6 Å². The zero-order valence-electron chi connectivity index (χ0n) is 15.9. The highest BCUT2D eigenvalue weighted by atomic mass is 16.4. The zero-order chi connectivity index (χ0) is 19.5. The van der Waals surface area contributed by atoms with Gasteiger partial charge in [-0.25, -0.2) is 4.79 Å². The molecule has 0 radical (unpaired) electrons. The minimum atomic E-state index is -0.893. The number of benzene rings is 1. The Morgan fingerprint density at radius 3 is 2.12 bits per heavy atom. The van der Waals surface area contributed by atoms with Crippen molar-refractivity contribution in [2.45, 2.75) is 71.0 Å². The summed E-state index contributed by atoms with van der Waals surface area (Å²) >= 11 is 0. The second-order valence-corrected chi connectivity index (χ2v) is 7.12. The van der Waals surface area contributed by atoms with Gasteiger partial charge < -0.3 is 20.8 Å². The van der Waals surface area contributed by atoms with Crippen LogP contribution in [-0.2, 0) is 4.79 Å². The fraction of sp³-hybridized carbons (Fsp3) is 0.600. The highest BCUT2D eigenvalue weighted by Gasteiger charge is 2.23. The molecule has 1 aliphatic rings. The van der Waals surface area contributed by atoms with Gasteiger partial charge in [-0.2, -0.15) is 0 Å². The van der Waals surface area contributed by atoms with Crippen molar-refractivity contribution in [3.05, 3.63) is 35.9 Å². The van der Waals surface area contributed by atoms with Crippen LogP contribution in [0.4, 0.5) is 4.79 Å². The molecule has 1 saturated carbocycles. The lowest BCUT2D eigenvalue weighted by Gasteiger charge is -2.31. The number of hydrogen-bond donors (Lipinski definition) is 4. The van der Waals surface area contributed by atoms with E-state index in [9.17, 15) is 4.79 Å². The Morgan fingerprint density at radius 2 is 1.62 bits per heavy atom. The van der Waals surface area contributed by atoms with Gasteiger partial charge in [-0.05, 0) is 57.4 Å². The van der Waals surface area contributed by atoms with Gasteiger partial charge in [0.25, 0.3) is 5.97 Å². The first-order valence-corrected chi connectivity index (χ1v) is 9.28. The number of hydrogen-bond acceptors (Lipinski definition) is 3. The van der Waals surface area contributed by atoms with Crippen LogP contribution in [0, 0.1) is 5.92 Å². The van der Waals surface area contributed by atoms with Crippen molar-refractivity contribution in [3.63, 3.8) is 0 Å². The Balaban J connectivity index is 0.000000765. The lowest BCUT2D eigenvalue weighted by atomic mass is 9.82. The first-order chi connectivity index (χ1) is 12.3. The third-order valence-corrected chi connectivity index (χ3v) is 4.70. The van der Waals surface area contributed by atoms with Gasteiger partial charge in [-0.15, -0.1) is 0 Å². The fourth-order valence-electron chi connectivity index (χ4n) is 3.55. The van der Waals surface area contributed by atoms with E-state index < -0.39 is 12.1 Å². The van der Waals surface area contributed by atoms with Crippen molar-refractivity contribution < 1.29 is 19.8 Å². The molecular formula is C20H32N2O4. The Labute approximate surface area is 156 Å². The molecule has 4 N–H and O–H groups in total. The first kappa shape index (κ1) is 22.0. The van der Waals surface area contributed by atoms with Crippen LogP contribution in [0.2, 0.25) is 0 Å². The van der Waals surface area contributed by atoms with Gasteiger partial charge in [-0.3, -0.25) is 4.79 Å². The van der Waals surface area contributed by atoms with Gasteiger partial charge in [0.05, 0.1) is 0 Å². The van der Waals surface area contributed by atoms with E-state index in [0.717, 1.165) is 39.0 Å². The second-order valence-electron chi connectivity index (χ2n) is 7.12. The molecule has 1 aromatic carbocycles. The Bertz CT molecular complexity index is 538. The number of carbonyl (C=O) groups is 2. The summed E-state index contributed by atoms with van der Waals surface area (Å²) in [5, 5.41) is 22.5. The van der Waals surface area contributed by atoms with Gasteiger partial charge in [0.15, 0.2) is 0 Å². The third-order valence-electron chi connectivity index (χ3n) is 4.70. The molecule has 1 fully saturated rings. The maximum Gasteiger partial charge on any atom is 0.404 e. The van der Waals surface area contributed by atoms with Crippen LogP contribution in [-0.4, -0.2) is 34.4 Å². The van der Waals surface area contributed by atoms with Gasteiger partial charge in [0.1, 0.15) is 0 Å². The van der Waals surface area contributed by atoms with E-state index in [1.807, 2.05) is 6.07 Å². The SMILES string of the molecule is CC(=O)O.CC(C[C@H]1CC[C@H](NC(=O)O)CC1)NC(C)c1ccccc1. The highest BCUT2D eigenvalue weighted by molar-refractivity contribution is 5.64. The molecule has 6 heteroatoms. The predicted molar refractivity (Wildman–Crippen MR) is 102 cm³/mol. The smallest absolute Gasteiger partial charge is 0.404 e. The summed E-state index contributed by atoms with van der Waals surface area (Å²) in [7, 11) is 0. The largest absolute Gasteiger partial charge is 0.481 e. The lowest BCUT2D eigenvalue weighted by molar-refractivity contribution is -0.134. The van der Waals surface area contributed by atoms with Crippen LogP contribution in [0.25, 0.3) is 0 Å². The molecule has 0 heterocycles. The van der Waals surface area contributed by atoms with E-state index in [-0.39, 0.29) is 6.04 Å². The molecule has 1 aromatic rings. The number of rotatable bonds is 6. The van der Waals surface area contributed by atoms with Gasteiger partial charge in [0, 0.05) is 25.0 Å². The second kappa shape index (κ2) is 11.5. The fourth-order valence-corrected chi connectivity index (χ4v) is 3.55. The maximum absolute atomic E-state index is 10.7. The molecule has 6 nitrogen and oxygen atoms in total. The summed E-state index contributed by atoms with van der Waals surface area (Å²) in [5.74, 6) is -0.127. The Hall–Kier alpha value is -2.08. The van der Waals surface area contributed by atoms with Gasteiger partial charge in [0.2, 0.25) is 0 Å². The van der Waals surface area contributed by atoms with Crippen molar-refractivity contribution in [2.24, 2.45) is 5.92 Å². The minimum Gasteiger partial charge on any atom is -0.481 e. The molecule has 0 bridgehead atoms. The average molecular weight is 364 g/mol. The van der Waals surface area contributed by atoms with Crippen molar-refractivity contribution >= 4 is 12.1 Å². The summed E-state index contributed by atoms with van der Waals surface area (Å²) in [4.78, 5) is 19.7. The maximum atomic E-state index is 10.7. The molecule has 146 valence electrons. The van der Waals surface area contributed by atoms with E-state index in [4.69, 9.17) is 15.0 Å². The lowest BCUT2D eigenvalue weighted by Crippen LogP contribution is -2.38. The van der Waals surface area contributed by atoms with E-state index in [2.05, 4.69) is 48.7 Å². The molecule has 0 spiro atoms. The summed E-state index contributed by atoms with van der Waals surface area (Å²) in [6.07, 6.45) is 4.45. The van der Waals surface area contributed by atoms with Crippen molar-refractivity contribution in [1.29, 1.82) is 0 Å². The monoisotopic (exact) mass is 364 g/mol. The van der Waals surface area contributed by atoms with Gasteiger partial charge >= 0.3 is 6.09 Å². The summed E-state index contributed by atoms with van der Waals surface area (Å²) in [6, 6.07) is 11.5. The summed E-state index contributed by atoms with van der Waals surface area (Å²) in [6.45, 7) is 5.54. The van der Waals surface area contributed by atoms with E-state index in [1.165, 1.54) is 5.56 Å². The van der Waals surface area contributed by atoms with Crippen molar-refractivity contribution in [2.75, 3.05) is 0 Å². The predicted octanol–water partition coefficient (Wildman–Crippen LogP) is 4.03. The van der Waals surface area contributed by atoms with E-state index >= 15 is 0 Å². The molecule has 0 saturated heterocycles. The molecule has 2 atom stereocenters. The number of carboxylic acid groups (broad SMARTS) is 2. The molecule has 2 rings (SSSR count). The standard InChI is InChI=1S/C18H28N2O2.C2H4O2/c1-13(19-14(2)16-6-4-3-5-7-16)12-15-8-10-17(11-9-15)20-18(21)22;1-2(3)4/h3-7,13-15,17,19-20H,8-12H2,1-2H3,(H,21,22);1H3,(H,3,4)/t13?,14?,15-,17-;. The quantitative estimate of drug-likeness (QED) is 0.611. The molecule has 2 unspecified atom stereocenters. The van der Waals surface area contributed by atoms with Crippen LogP contribution in [0.1, 0.15) is 64.5 Å². The number of nitrogens with one attached hydrogen (secondary N) is 2. The van der Waals surface area contributed by atoms with Crippen LogP contribution >= 0.6 is 0 Å². The number of amides is 1. The molecule has 1 amide bonds. The molecule has 0 aliphatic heterocycles. The first-order valence-electron chi connectivity index (χ1n) is 9.28. The molecule has 0 aromatic heterocycles. The van der Waals surface area contributed by atoms with Gasteiger partial charge in [-0.1, -0.05) is 30.3 Å². The molecule has 1 aliphatic carbocycles. The van der Waals surface area contributed by atoms with Crippen LogP contribution in [0.15, 0.2) is 30.3 Å². The average Bonchev–Trinajstić information content (AvgIpc) is 2.56. The zero-order valence-corrected chi connectivity index (χ0v) is 15.9.